The van der Waals surface area contributed by atoms with Crippen LogP contribution < -0.4 is 0 Å². The van der Waals surface area contributed by atoms with Gasteiger partial charge < -0.3 is 0 Å². The Hall–Kier alpha value is -0.600. The zero-order chi connectivity index (χ0) is 15.0. The summed E-state index contributed by atoms with van der Waals surface area (Å²) < 4.78 is 1.13. The van der Waals surface area contributed by atoms with E-state index in [-0.39, 0.29) is 4.83 Å². The highest BCUT2D eigenvalue weighted by Gasteiger charge is 2.19. The van der Waals surface area contributed by atoms with Crippen molar-refractivity contribution in [3.05, 3.63) is 67.7 Å². The van der Waals surface area contributed by atoms with Crippen LogP contribution in [0.15, 0.2) is 28.7 Å². The topological polar surface area (TPSA) is 0 Å². The van der Waals surface area contributed by atoms with Gasteiger partial charge in [-0.3, -0.25) is 0 Å². The zero-order valence-corrected chi connectivity index (χ0v) is 15.8. The molecule has 1 unspecified atom stereocenters. The molecular weight excluding hydrogens is 376 g/mol. The summed E-state index contributed by atoms with van der Waals surface area (Å²) in [5.41, 5.74) is 9.55. The summed E-state index contributed by atoms with van der Waals surface area (Å²) in [5, 5.41) is 0. The molecule has 0 nitrogen and oxygen atoms in total. The summed E-state index contributed by atoms with van der Waals surface area (Å²) in [7, 11) is 0. The molecule has 0 fully saturated rings. The van der Waals surface area contributed by atoms with Gasteiger partial charge in [0.25, 0.3) is 0 Å². The quantitative estimate of drug-likeness (QED) is 0.510. The third-order valence-electron chi connectivity index (χ3n) is 4.18. The largest absolute Gasteiger partial charge is 0.0786 e. The number of hydrogen-bond acceptors (Lipinski definition) is 0. The van der Waals surface area contributed by atoms with Crippen molar-refractivity contribution < 1.29 is 0 Å². The maximum Gasteiger partial charge on any atom is 0.0652 e. The molecule has 2 aromatic rings. The predicted octanol–water partition coefficient (Wildman–Crippen LogP) is 6.48. The van der Waals surface area contributed by atoms with Crippen LogP contribution in [0.4, 0.5) is 0 Å². The van der Waals surface area contributed by atoms with E-state index in [1.165, 1.54) is 38.9 Å². The first-order valence-electron chi connectivity index (χ1n) is 6.80. The van der Waals surface area contributed by atoms with E-state index in [1.54, 1.807) is 0 Å². The van der Waals surface area contributed by atoms with Crippen molar-refractivity contribution in [3.8, 4) is 0 Å². The Labute approximate surface area is 138 Å². The molecule has 0 aromatic heterocycles. The Bertz CT molecular complexity index is 631. The Morgan fingerprint density at radius 3 is 1.85 bits per heavy atom. The lowest BCUT2D eigenvalue weighted by molar-refractivity contribution is 1.06. The minimum atomic E-state index is 0.245. The van der Waals surface area contributed by atoms with Gasteiger partial charge in [0.2, 0.25) is 0 Å². The highest BCUT2D eigenvalue weighted by atomic mass is 79.9. The van der Waals surface area contributed by atoms with Crippen LogP contribution >= 0.6 is 31.9 Å². The minimum Gasteiger partial charge on any atom is -0.0786 e. The lowest BCUT2D eigenvalue weighted by Gasteiger charge is -2.21. The fraction of sp³-hybridized carbons (Fsp3) is 0.333. The van der Waals surface area contributed by atoms with Crippen LogP contribution in [-0.4, -0.2) is 0 Å². The molecule has 0 saturated carbocycles. The van der Waals surface area contributed by atoms with Crippen molar-refractivity contribution in [1.29, 1.82) is 0 Å². The molecule has 0 bridgehead atoms. The van der Waals surface area contributed by atoms with Crippen LogP contribution in [0.5, 0.6) is 0 Å². The predicted molar refractivity (Wildman–Crippen MR) is 95.0 cm³/mol. The van der Waals surface area contributed by atoms with E-state index in [2.05, 4.69) is 90.7 Å². The molecule has 0 amide bonds. The van der Waals surface area contributed by atoms with Crippen LogP contribution in [0.1, 0.15) is 43.8 Å². The first-order valence-corrected chi connectivity index (χ1v) is 8.51. The standard InChI is InChI=1S/C18H20Br2/c1-10-8-11(2)14(5)17(13(10)4)18(20)16-7-6-15(19)9-12(16)3/h6-9,18H,1-5H3. The fourth-order valence-electron chi connectivity index (χ4n) is 2.71. The number of rotatable bonds is 2. The SMILES string of the molecule is Cc1cc(Br)ccc1C(Br)c1c(C)c(C)cc(C)c1C. The van der Waals surface area contributed by atoms with Gasteiger partial charge in [-0.2, -0.15) is 0 Å². The number of alkyl halides is 1. The molecule has 0 heterocycles. The molecule has 2 rings (SSSR count). The van der Waals surface area contributed by atoms with E-state index in [4.69, 9.17) is 0 Å². The van der Waals surface area contributed by atoms with E-state index >= 15 is 0 Å². The first kappa shape index (κ1) is 15.8. The van der Waals surface area contributed by atoms with Crippen molar-refractivity contribution in [3.63, 3.8) is 0 Å². The van der Waals surface area contributed by atoms with Gasteiger partial charge in [0.05, 0.1) is 4.83 Å². The van der Waals surface area contributed by atoms with Crippen molar-refractivity contribution >= 4 is 31.9 Å². The molecule has 20 heavy (non-hydrogen) atoms. The van der Waals surface area contributed by atoms with Crippen LogP contribution in [0.25, 0.3) is 0 Å². The van der Waals surface area contributed by atoms with Crippen LogP contribution in [0.2, 0.25) is 0 Å². The number of benzene rings is 2. The third-order valence-corrected chi connectivity index (χ3v) is 5.63. The van der Waals surface area contributed by atoms with Gasteiger partial charge in [-0.15, -0.1) is 0 Å². The Balaban J connectivity index is 2.62. The van der Waals surface area contributed by atoms with Crippen molar-refractivity contribution in [2.75, 3.05) is 0 Å². The minimum absolute atomic E-state index is 0.245. The Morgan fingerprint density at radius 2 is 1.35 bits per heavy atom. The monoisotopic (exact) mass is 394 g/mol. The molecule has 0 aliphatic heterocycles. The normalized spacial score (nSPS) is 12.6. The lowest BCUT2D eigenvalue weighted by Crippen LogP contribution is -2.04. The summed E-state index contributed by atoms with van der Waals surface area (Å²) in [6.07, 6.45) is 0. The average molecular weight is 396 g/mol. The van der Waals surface area contributed by atoms with Crippen LogP contribution in [0.3, 0.4) is 0 Å². The van der Waals surface area contributed by atoms with E-state index < -0.39 is 0 Å². The number of aryl methyl sites for hydroxylation is 3. The van der Waals surface area contributed by atoms with Gasteiger partial charge in [-0.25, -0.2) is 0 Å². The van der Waals surface area contributed by atoms with Gasteiger partial charge in [0, 0.05) is 4.47 Å². The third kappa shape index (κ3) is 2.87. The zero-order valence-electron chi connectivity index (χ0n) is 12.6. The second kappa shape index (κ2) is 6.03. The summed E-state index contributed by atoms with van der Waals surface area (Å²) in [6.45, 7) is 11.0. The fourth-order valence-corrected chi connectivity index (χ4v) is 4.38. The maximum atomic E-state index is 3.92. The molecule has 106 valence electrons. The second-order valence-corrected chi connectivity index (χ2v) is 7.37. The Morgan fingerprint density at radius 1 is 0.800 bits per heavy atom. The van der Waals surface area contributed by atoms with Gasteiger partial charge >= 0.3 is 0 Å². The molecule has 0 spiro atoms. The van der Waals surface area contributed by atoms with E-state index in [0.717, 1.165) is 4.47 Å². The number of hydrogen-bond donors (Lipinski definition) is 0. The van der Waals surface area contributed by atoms with Crippen molar-refractivity contribution in [1.82, 2.24) is 0 Å². The highest BCUT2D eigenvalue weighted by Crippen LogP contribution is 2.39. The van der Waals surface area contributed by atoms with E-state index in [9.17, 15) is 0 Å². The van der Waals surface area contributed by atoms with Crippen LogP contribution in [-0.2, 0) is 0 Å². The van der Waals surface area contributed by atoms with Gasteiger partial charge in [-0.1, -0.05) is 44.0 Å². The summed E-state index contributed by atoms with van der Waals surface area (Å²) in [4.78, 5) is 0.245. The van der Waals surface area contributed by atoms with Gasteiger partial charge in [0.15, 0.2) is 0 Å². The smallest absolute Gasteiger partial charge is 0.0652 e. The van der Waals surface area contributed by atoms with E-state index in [0.29, 0.717) is 0 Å². The van der Waals surface area contributed by atoms with Crippen molar-refractivity contribution in [2.45, 2.75) is 39.4 Å². The first-order chi connectivity index (χ1) is 9.32. The number of halogens is 2. The molecule has 0 saturated heterocycles. The second-order valence-electron chi connectivity index (χ2n) is 5.54. The highest BCUT2D eigenvalue weighted by molar-refractivity contribution is 9.10. The maximum absolute atomic E-state index is 3.92. The molecule has 0 radical (unpaired) electrons. The summed E-state index contributed by atoms with van der Waals surface area (Å²) >= 11 is 7.46. The summed E-state index contributed by atoms with van der Waals surface area (Å²) in [6, 6.07) is 8.78. The molecule has 0 aliphatic rings. The lowest BCUT2D eigenvalue weighted by atomic mass is 9.89. The molecule has 0 N–H and O–H groups in total. The van der Waals surface area contributed by atoms with Crippen LogP contribution in [0, 0.1) is 34.6 Å². The molecular formula is C18H20Br2. The summed E-state index contributed by atoms with van der Waals surface area (Å²) in [5.74, 6) is 0. The van der Waals surface area contributed by atoms with Crippen molar-refractivity contribution in [2.24, 2.45) is 0 Å². The van der Waals surface area contributed by atoms with E-state index in [1.807, 2.05) is 0 Å². The van der Waals surface area contributed by atoms with Gasteiger partial charge in [0.1, 0.15) is 0 Å². The average Bonchev–Trinajstić information content (AvgIpc) is 2.36. The Kier molecular flexibility index (Phi) is 4.76. The molecule has 0 aliphatic carbocycles. The molecule has 2 heteroatoms. The molecule has 2 aromatic carbocycles. The van der Waals surface area contributed by atoms with Gasteiger partial charge in [-0.05, 0) is 85.7 Å². The molecule has 1 atom stereocenters.